The van der Waals surface area contributed by atoms with Crippen LogP contribution in [0.25, 0.3) is 22.4 Å². The Labute approximate surface area is 218 Å². The number of piperazine rings is 2. The van der Waals surface area contributed by atoms with E-state index < -0.39 is 0 Å². The average Bonchev–Trinajstić information content (AvgIpc) is 2.92. The second kappa shape index (κ2) is 10.8. The van der Waals surface area contributed by atoms with Crippen LogP contribution >= 0.6 is 0 Å². The summed E-state index contributed by atoms with van der Waals surface area (Å²) in [6.45, 7) is 16.3. The highest BCUT2D eigenvalue weighted by atomic mass is 16.3. The Bertz CT molecular complexity index is 1290. The number of aromatic nitrogens is 3. The SMILES string of the molecule is CC(C)N1CCN(c2cc(CO)c3c(=O)[nH]c(-c4cccc(N5CCN(C(C)C)CC5)n4)nc3c2)CC1. The Balaban J connectivity index is 1.45. The summed E-state index contributed by atoms with van der Waals surface area (Å²) >= 11 is 0. The lowest BCUT2D eigenvalue weighted by Gasteiger charge is -2.38. The highest BCUT2D eigenvalue weighted by molar-refractivity contribution is 5.86. The zero-order valence-corrected chi connectivity index (χ0v) is 22.4. The summed E-state index contributed by atoms with van der Waals surface area (Å²) < 4.78 is 0. The first-order chi connectivity index (χ1) is 17.8. The Kier molecular flexibility index (Phi) is 7.46. The van der Waals surface area contributed by atoms with Gasteiger partial charge in [-0.05, 0) is 57.5 Å². The van der Waals surface area contributed by atoms with E-state index in [1.54, 1.807) is 0 Å². The van der Waals surface area contributed by atoms with Crippen molar-refractivity contribution in [3.8, 4) is 11.5 Å². The van der Waals surface area contributed by atoms with Gasteiger partial charge in [-0.1, -0.05) is 6.07 Å². The molecule has 2 saturated heterocycles. The zero-order chi connectivity index (χ0) is 26.1. The van der Waals surface area contributed by atoms with Gasteiger partial charge in [0.15, 0.2) is 5.82 Å². The van der Waals surface area contributed by atoms with E-state index in [1.807, 2.05) is 30.3 Å². The van der Waals surface area contributed by atoms with Crippen LogP contribution in [-0.2, 0) is 6.61 Å². The number of nitrogens with one attached hydrogen (secondary N) is 1. The molecule has 9 heteroatoms. The molecule has 0 radical (unpaired) electrons. The quantitative estimate of drug-likeness (QED) is 0.528. The summed E-state index contributed by atoms with van der Waals surface area (Å²) in [4.78, 5) is 35.4. The standard InChI is InChI=1S/C28H39N7O2/c1-19(2)32-8-12-34(13-9-32)22-16-21(18-36)26-24(17-22)30-27(31-28(26)37)23-6-5-7-25(29-23)35-14-10-33(11-15-35)20(3)4/h5-7,16-17,19-20,36H,8-15,18H2,1-4H3,(H,30,31,37). The van der Waals surface area contributed by atoms with Crippen molar-refractivity contribution >= 4 is 22.4 Å². The molecule has 0 bridgehead atoms. The predicted octanol–water partition coefficient (Wildman–Crippen LogP) is 2.54. The number of hydrogen-bond acceptors (Lipinski definition) is 8. The molecule has 0 spiro atoms. The lowest BCUT2D eigenvalue weighted by Crippen LogP contribution is -2.49. The van der Waals surface area contributed by atoms with Crippen LogP contribution < -0.4 is 15.4 Å². The molecule has 9 nitrogen and oxygen atoms in total. The smallest absolute Gasteiger partial charge is 0.259 e. The molecule has 2 aromatic heterocycles. The molecule has 4 heterocycles. The first-order valence-corrected chi connectivity index (χ1v) is 13.5. The van der Waals surface area contributed by atoms with Crippen molar-refractivity contribution in [2.24, 2.45) is 0 Å². The maximum atomic E-state index is 13.2. The maximum absolute atomic E-state index is 13.2. The van der Waals surface area contributed by atoms with Gasteiger partial charge in [0.05, 0.1) is 17.5 Å². The van der Waals surface area contributed by atoms with Gasteiger partial charge in [-0.2, -0.15) is 0 Å². The minimum absolute atomic E-state index is 0.212. The molecule has 2 aliphatic rings. The van der Waals surface area contributed by atoms with E-state index in [4.69, 9.17) is 9.97 Å². The first-order valence-electron chi connectivity index (χ1n) is 13.5. The monoisotopic (exact) mass is 505 g/mol. The van der Waals surface area contributed by atoms with Crippen LogP contribution in [0.3, 0.4) is 0 Å². The molecule has 0 aliphatic carbocycles. The number of H-pyrrole nitrogens is 1. The van der Waals surface area contributed by atoms with Crippen LogP contribution in [0.5, 0.6) is 0 Å². The molecule has 198 valence electrons. The zero-order valence-electron chi connectivity index (χ0n) is 22.4. The molecule has 0 amide bonds. The summed E-state index contributed by atoms with van der Waals surface area (Å²) in [5, 5.41) is 10.5. The van der Waals surface area contributed by atoms with Crippen molar-refractivity contribution in [3.63, 3.8) is 0 Å². The number of anilines is 2. The fraction of sp³-hybridized carbons (Fsp3) is 0.536. The molecule has 2 aliphatic heterocycles. The number of aliphatic hydroxyl groups excluding tert-OH is 1. The largest absolute Gasteiger partial charge is 0.392 e. The minimum atomic E-state index is -0.252. The van der Waals surface area contributed by atoms with Crippen molar-refractivity contribution in [2.45, 2.75) is 46.4 Å². The van der Waals surface area contributed by atoms with E-state index in [1.165, 1.54) is 0 Å². The number of aliphatic hydroxyl groups is 1. The fourth-order valence-corrected chi connectivity index (χ4v) is 5.46. The third-order valence-electron chi connectivity index (χ3n) is 7.80. The first kappa shape index (κ1) is 25.6. The van der Waals surface area contributed by atoms with E-state index in [9.17, 15) is 9.90 Å². The number of pyridine rings is 1. The summed E-state index contributed by atoms with van der Waals surface area (Å²) in [5.41, 5.74) is 2.57. The van der Waals surface area contributed by atoms with Crippen LogP contribution in [0.2, 0.25) is 0 Å². The van der Waals surface area contributed by atoms with Crippen LogP contribution in [0.15, 0.2) is 35.1 Å². The second-order valence-corrected chi connectivity index (χ2v) is 10.7. The number of rotatable bonds is 6. The third-order valence-corrected chi connectivity index (χ3v) is 7.80. The topological polar surface area (TPSA) is 91.8 Å². The Morgan fingerprint density at radius 3 is 2.08 bits per heavy atom. The molecular formula is C28H39N7O2. The highest BCUT2D eigenvalue weighted by Crippen LogP contribution is 2.27. The maximum Gasteiger partial charge on any atom is 0.259 e. The molecule has 2 fully saturated rings. The molecule has 0 saturated carbocycles. The Hall–Kier alpha value is -3.01. The molecule has 37 heavy (non-hydrogen) atoms. The summed E-state index contributed by atoms with van der Waals surface area (Å²) in [6.07, 6.45) is 0. The van der Waals surface area contributed by atoms with Crippen molar-refractivity contribution in [2.75, 3.05) is 62.2 Å². The van der Waals surface area contributed by atoms with Gasteiger partial charge in [0.25, 0.3) is 5.56 Å². The number of benzene rings is 1. The van der Waals surface area contributed by atoms with Gasteiger partial charge in [0.2, 0.25) is 0 Å². The van der Waals surface area contributed by atoms with Crippen LogP contribution in [0.1, 0.15) is 33.3 Å². The van der Waals surface area contributed by atoms with Crippen molar-refractivity contribution in [1.82, 2.24) is 24.8 Å². The number of nitrogens with zero attached hydrogens (tertiary/aromatic N) is 6. The molecule has 0 unspecified atom stereocenters. The molecule has 3 aromatic rings. The minimum Gasteiger partial charge on any atom is -0.392 e. The van der Waals surface area contributed by atoms with Crippen LogP contribution in [-0.4, -0.2) is 94.3 Å². The molecule has 5 rings (SSSR count). The van der Waals surface area contributed by atoms with Gasteiger partial charge in [-0.25, -0.2) is 9.97 Å². The van der Waals surface area contributed by atoms with Gasteiger partial charge >= 0.3 is 0 Å². The van der Waals surface area contributed by atoms with Gasteiger partial charge < -0.3 is 19.9 Å². The van der Waals surface area contributed by atoms with Gasteiger partial charge in [-0.3, -0.25) is 14.6 Å². The lowest BCUT2D eigenvalue weighted by molar-refractivity contribution is 0.209. The third kappa shape index (κ3) is 5.35. The molecular weight excluding hydrogens is 466 g/mol. The van der Waals surface area contributed by atoms with Crippen molar-refractivity contribution in [1.29, 1.82) is 0 Å². The summed E-state index contributed by atoms with van der Waals surface area (Å²) in [7, 11) is 0. The lowest BCUT2D eigenvalue weighted by atomic mass is 10.1. The van der Waals surface area contributed by atoms with Crippen molar-refractivity contribution in [3.05, 3.63) is 46.2 Å². The van der Waals surface area contributed by atoms with E-state index in [0.717, 1.165) is 63.9 Å². The normalized spacial score (nSPS) is 17.9. The molecule has 1 aromatic carbocycles. The number of fused-ring (bicyclic) bond motifs is 1. The van der Waals surface area contributed by atoms with Gasteiger partial charge in [0, 0.05) is 70.1 Å². The second-order valence-electron chi connectivity index (χ2n) is 10.7. The van der Waals surface area contributed by atoms with E-state index in [2.05, 4.69) is 52.3 Å². The average molecular weight is 506 g/mol. The van der Waals surface area contributed by atoms with Gasteiger partial charge in [0.1, 0.15) is 11.5 Å². The number of hydrogen-bond donors (Lipinski definition) is 2. The van der Waals surface area contributed by atoms with Crippen LogP contribution in [0.4, 0.5) is 11.5 Å². The Morgan fingerprint density at radius 1 is 0.865 bits per heavy atom. The van der Waals surface area contributed by atoms with Crippen molar-refractivity contribution < 1.29 is 5.11 Å². The van der Waals surface area contributed by atoms with E-state index >= 15 is 0 Å². The van der Waals surface area contributed by atoms with E-state index in [-0.39, 0.29) is 12.2 Å². The molecule has 0 atom stereocenters. The fourth-order valence-electron chi connectivity index (χ4n) is 5.46. The number of aromatic amines is 1. The Morgan fingerprint density at radius 2 is 1.49 bits per heavy atom. The van der Waals surface area contributed by atoms with E-state index in [0.29, 0.717) is 40.1 Å². The van der Waals surface area contributed by atoms with Crippen LogP contribution in [0, 0.1) is 0 Å². The summed E-state index contributed by atoms with van der Waals surface area (Å²) in [5.74, 6) is 1.35. The molecule has 2 N–H and O–H groups in total. The highest BCUT2D eigenvalue weighted by Gasteiger charge is 2.22. The summed E-state index contributed by atoms with van der Waals surface area (Å²) in [6, 6.07) is 10.9. The predicted molar refractivity (Wildman–Crippen MR) is 149 cm³/mol. The van der Waals surface area contributed by atoms with Gasteiger partial charge in [-0.15, -0.1) is 0 Å².